The van der Waals surface area contributed by atoms with Crippen molar-refractivity contribution in [2.24, 2.45) is 5.92 Å². The van der Waals surface area contributed by atoms with Gasteiger partial charge in [-0.05, 0) is 5.56 Å². The van der Waals surface area contributed by atoms with E-state index in [0.29, 0.717) is 6.54 Å². The molecule has 1 aromatic carbocycles. The maximum atomic E-state index is 10.5. The molecule has 1 saturated heterocycles. The first-order chi connectivity index (χ1) is 6.77. The van der Waals surface area contributed by atoms with Crippen LogP contribution in [0.4, 0.5) is 0 Å². The summed E-state index contributed by atoms with van der Waals surface area (Å²) in [5, 5.41) is 13.7. The van der Waals surface area contributed by atoms with Crippen LogP contribution in [0.3, 0.4) is 0 Å². The Hall–Kier alpha value is -1.12. The first-order valence-corrected chi connectivity index (χ1v) is 4.88. The van der Waals surface area contributed by atoms with E-state index in [4.69, 9.17) is 0 Å². The predicted octanol–water partition coefficient (Wildman–Crippen LogP) is 1.28. The molecule has 1 aliphatic rings. The van der Waals surface area contributed by atoms with Crippen LogP contribution in [-0.2, 0) is 5.60 Å². The molecule has 0 spiro atoms. The third-order valence-electron chi connectivity index (χ3n) is 2.93. The van der Waals surface area contributed by atoms with Gasteiger partial charge in [-0.3, -0.25) is 0 Å². The SMILES string of the molecule is C=CC1CNCC1(O)c1ccccc1. The van der Waals surface area contributed by atoms with E-state index in [0.717, 1.165) is 12.1 Å². The zero-order chi connectivity index (χ0) is 10.0. The Morgan fingerprint density at radius 1 is 1.43 bits per heavy atom. The van der Waals surface area contributed by atoms with Crippen LogP contribution in [0.5, 0.6) is 0 Å². The average molecular weight is 189 g/mol. The minimum atomic E-state index is -0.775. The van der Waals surface area contributed by atoms with Gasteiger partial charge in [0.1, 0.15) is 5.60 Å². The predicted molar refractivity (Wildman–Crippen MR) is 56.9 cm³/mol. The molecule has 0 aliphatic carbocycles. The number of nitrogens with one attached hydrogen (secondary N) is 1. The van der Waals surface area contributed by atoms with Crippen molar-refractivity contribution in [2.45, 2.75) is 5.60 Å². The first-order valence-electron chi connectivity index (χ1n) is 4.88. The molecule has 1 aliphatic heterocycles. The van der Waals surface area contributed by atoms with Crippen LogP contribution in [0.15, 0.2) is 43.0 Å². The summed E-state index contributed by atoms with van der Waals surface area (Å²) in [6.45, 7) is 5.17. The summed E-state index contributed by atoms with van der Waals surface area (Å²) in [6, 6.07) is 9.78. The lowest BCUT2D eigenvalue weighted by Gasteiger charge is -2.27. The second-order valence-corrected chi connectivity index (χ2v) is 3.76. The van der Waals surface area contributed by atoms with E-state index >= 15 is 0 Å². The monoisotopic (exact) mass is 189 g/mol. The van der Waals surface area contributed by atoms with Crippen LogP contribution < -0.4 is 5.32 Å². The second-order valence-electron chi connectivity index (χ2n) is 3.76. The maximum absolute atomic E-state index is 10.5. The Morgan fingerprint density at radius 2 is 2.14 bits per heavy atom. The number of aliphatic hydroxyl groups is 1. The van der Waals surface area contributed by atoms with Crippen molar-refractivity contribution >= 4 is 0 Å². The van der Waals surface area contributed by atoms with Gasteiger partial charge in [-0.2, -0.15) is 0 Å². The Morgan fingerprint density at radius 3 is 2.79 bits per heavy atom. The van der Waals surface area contributed by atoms with Gasteiger partial charge in [-0.1, -0.05) is 36.4 Å². The molecule has 2 N–H and O–H groups in total. The van der Waals surface area contributed by atoms with Gasteiger partial charge < -0.3 is 10.4 Å². The van der Waals surface area contributed by atoms with Gasteiger partial charge in [0.05, 0.1) is 0 Å². The fraction of sp³-hybridized carbons (Fsp3) is 0.333. The fourth-order valence-electron chi connectivity index (χ4n) is 2.04. The van der Waals surface area contributed by atoms with Crippen molar-refractivity contribution in [1.29, 1.82) is 0 Å². The molecule has 0 amide bonds. The first kappa shape index (κ1) is 9.44. The van der Waals surface area contributed by atoms with Gasteiger partial charge in [0.25, 0.3) is 0 Å². The molecule has 74 valence electrons. The summed E-state index contributed by atoms with van der Waals surface area (Å²) in [6.07, 6.45) is 1.83. The Kier molecular flexibility index (Phi) is 2.40. The summed E-state index contributed by atoms with van der Waals surface area (Å²) in [5.41, 5.74) is 0.193. The molecule has 1 fully saturated rings. The van der Waals surface area contributed by atoms with Gasteiger partial charge in [0.15, 0.2) is 0 Å². The van der Waals surface area contributed by atoms with Crippen LogP contribution in [-0.4, -0.2) is 18.2 Å². The Bertz CT molecular complexity index is 322. The van der Waals surface area contributed by atoms with Crippen LogP contribution >= 0.6 is 0 Å². The topological polar surface area (TPSA) is 32.3 Å². The van der Waals surface area contributed by atoms with Crippen LogP contribution in [0.25, 0.3) is 0 Å². The van der Waals surface area contributed by atoms with Crippen molar-refractivity contribution in [3.8, 4) is 0 Å². The standard InChI is InChI=1S/C12H15NO/c1-2-10-8-13-9-12(10,14)11-6-4-3-5-7-11/h2-7,10,13-14H,1,8-9H2. The zero-order valence-electron chi connectivity index (χ0n) is 8.11. The largest absolute Gasteiger partial charge is 0.383 e. The normalized spacial score (nSPS) is 31.6. The van der Waals surface area contributed by atoms with E-state index in [1.54, 1.807) is 0 Å². The van der Waals surface area contributed by atoms with E-state index in [2.05, 4.69) is 11.9 Å². The highest BCUT2D eigenvalue weighted by Crippen LogP contribution is 2.33. The molecule has 0 saturated carbocycles. The Balaban J connectivity index is 2.36. The number of β-amino-alcohol motifs (C(OH)–C–C–N with tert-alkyl or cyclic N) is 1. The molecule has 0 radical (unpaired) electrons. The van der Waals surface area contributed by atoms with Crippen LogP contribution in [0.1, 0.15) is 5.56 Å². The van der Waals surface area contributed by atoms with E-state index in [1.165, 1.54) is 0 Å². The smallest absolute Gasteiger partial charge is 0.109 e. The van der Waals surface area contributed by atoms with Gasteiger partial charge in [0.2, 0.25) is 0 Å². The minimum Gasteiger partial charge on any atom is -0.383 e. The molecule has 1 aromatic rings. The molecule has 2 atom stereocenters. The van der Waals surface area contributed by atoms with E-state index in [1.807, 2.05) is 36.4 Å². The van der Waals surface area contributed by atoms with Gasteiger partial charge in [-0.25, -0.2) is 0 Å². The highest BCUT2D eigenvalue weighted by atomic mass is 16.3. The summed E-state index contributed by atoms with van der Waals surface area (Å²) < 4.78 is 0. The van der Waals surface area contributed by atoms with Crippen molar-refractivity contribution in [3.05, 3.63) is 48.6 Å². The second kappa shape index (κ2) is 3.56. The molecular formula is C12H15NO. The molecule has 0 aromatic heterocycles. The molecular weight excluding hydrogens is 174 g/mol. The number of rotatable bonds is 2. The van der Waals surface area contributed by atoms with Crippen molar-refractivity contribution in [3.63, 3.8) is 0 Å². The third-order valence-corrected chi connectivity index (χ3v) is 2.93. The van der Waals surface area contributed by atoms with Gasteiger partial charge >= 0.3 is 0 Å². The average Bonchev–Trinajstić information content (AvgIpc) is 2.62. The summed E-state index contributed by atoms with van der Waals surface area (Å²) in [5.74, 6) is 0.102. The fourth-order valence-corrected chi connectivity index (χ4v) is 2.04. The lowest BCUT2D eigenvalue weighted by Crippen LogP contribution is -2.33. The van der Waals surface area contributed by atoms with Crippen LogP contribution in [0.2, 0.25) is 0 Å². The molecule has 14 heavy (non-hydrogen) atoms. The molecule has 0 bridgehead atoms. The van der Waals surface area contributed by atoms with E-state index in [-0.39, 0.29) is 5.92 Å². The molecule has 2 nitrogen and oxygen atoms in total. The van der Waals surface area contributed by atoms with E-state index < -0.39 is 5.60 Å². The van der Waals surface area contributed by atoms with Crippen molar-refractivity contribution in [2.75, 3.05) is 13.1 Å². The summed E-state index contributed by atoms with van der Waals surface area (Å²) in [4.78, 5) is 0. The van der Waals surface area contributed by atoms with Crippen molar-refractivity contribution < 1.29 is 5.11 Å². The number of benzene rings is 1. The third kappa shape index (κ3) is 1.37. The minimum absolute atomic E-state index is 0.102. The van der Waals surface area contributed by atoms with Gasteiger partial charge in [-0.15, -0.1) is 6.58 Å². The highest BCUT2D eigenvalue weighted by Gasteiger charge is 2.40. The zero-order valence-corrected chi connectivity index (χ0v) is 8.11. The highest BCUT2D eigenvalue weighted by molar-refractivity contribution is 5.27. The van der Waals surface area contributed by atoms with Crippen LogP contribution in [0, 0.1) is 5.92 Å². The lowest BCUT2D eigenvalue weighted by molar-refractivity contribution is 0.0300. The summed E-state index contributed by atoms with van der Waals surface area (Å²) in [7, 11) is 0. The number of hydrogen-bond donors (Lipinski definition) is 2. The van der Waals surface area contributed by atoms with E-state index in [9.17, 15) is 5.11 Å². The molecule has 2 unspecified atom stereocenters. The summed E-state index contributed by atoms with van der Waals surface area (Å²) >= 11 is 0. The molecule has 2 rings (SSSR count). The van der Waals surface area contributed by atoms with Gasteiger partial charge in [0, 0.05) is 19.0 Å². The molecule has 1 heterocycles. The lowest BCUT2D eigenvalue weighted by atomic mass is 9.84. The van der Waals surface area contributed by atoms with Crippen molar-refractivity contribution in [1.82, 2.24) is 5.32 Å². The Labute approximate surface area is 84.3 Å². The number of hydrogen-bond acceptors (Lipinski definition) is 2. The maximum Gasteiger partial charge on any atom is 0.109 e. The molecule has 2 heteroatoms. The quantitative estimate of drug-likeness (QED) is 0.687.